The average Bonchev–Trinajstić information content (AvgIpc) is 3.81. The molecule has 0 aromatic heterocycles. The van der Waals surface area contributed by atoms with Gasteiger partial charge in [-0.15, -0.1) is 0 Å². The number of esters is 2. The zero-order valence-corrected chi connectivity index (χ0v) is 58.4. The first kappa shape index (κ1) is 92.3. The number of phenolic OH excluding ortho intramolecular Hbond substituents is 1. The summed E-state index contributed by atoms with van der Waals surface area (Å²) < 4.78 is 145. The van der Waals surface area contributed by atoms with Gasteiger partial charge in [-0.05, 0) is 112 Å². The molecule has 1 unspecified atom stereocenters. The van der Waals surface area contributed by atoms with E-state index in [0.29, 0.717) is 34.0 Å². The third-order valence-corrected chi connectivity index (χ3v) is 8.08. The van der Waals surface area contributed by atoms with Crippen LogP contribution in [0.1, 0.15) is 118 Å². The van der Waals surface area contributed by atoms with Gasteiger partial charge in [0.2, 0.25) is 0 Å². The fourth-order valence-electron chi connectivity index (χ4n) is 4.42. The van der Waals surface area contributed by atoms with E-state index in [1.165, 1.54) is 55.3 Å². The van der Waals surface area contributed by atoms with Gasteiger partial charge >= 0.3 is 210 Å². The number of benzene rings is 3. The van der Waals surface area contributed by atoms with Crippen LogP contribution in [0.3, 0.4) is 0 Å². The van der Waals surface area contributed by atoms with E-state index in [1.807, 2.05) is 28.2 Å². The van der Waals surface area contributed by atoms with Crippen molar-refractivity contribution in [2.24, 2.45) is 5.84 Å². The number of aromatic hydroxyl groups is 1. The molecule has 76 heavy (non-hydrogen) atoms. The molecule has 1 heterocycles. The maximum absolute atomic E-state index is 11.9. The number of phenols is 1. The van der Waals surface area contributed by atoms with Crippen LogP contribution in [0, 0.1) is 7.18 Å². The van der Waals surface area contributed by atoms with Gasteiger partial charge in [-0.2, -0.15) is 46.7 Å². The molecule has 0 saturated carbocycles. The molecule has 424 valence electrons. The molecule has 3 aromatic carbocycles. The first-order valence-electron chi connectivity index (χ1n) is 21.0. The van der Waals surface area contributed by atoms with Crippen molar-refractivity contribution < 1.29 is 280 Å². The molecule has 30 heteroatoms. The van der Waals surface area contributed by atoms with E-state index in [4.69, 9.17) is 45.3 Å². The Morgan fingerprint density at radius 3 is 1.43 bits per heavy atom. The fourth-order valence-corrected chi connectivity index (χ4v) is 4.81. The number of halogens is 11. The molecule has 3 aromatic rings. The van der Waals surface area contributed by atoms with Crippen LogP contribution >= 0.6 is 22.6 Å². The topological polar surface area (TPSA) is 245 Å². The van der Waals surface area contributed by atoms with Gasteiger partial charge in [0.1, 0.15) is 17.2 Å². The van der Waals surface area contributed by atoms with Crippen LogP contribution < -0.4 is 183 Å². The normalized spacial score (nSPS) is 11.5. The molecule has 0 radical (unpaired) electrons. The summed E-state index contributed by atoms with van der Waals surface area (Å²) in [5.74, 6) is 2.71. The summed E-state index contributed by atoms with van der Waals surface area (Å²) in [6.07, 6.45) is -11.7. The number of nitrogens with zero attached hydrogens (tertiary/aromatic N) is 1. The van der Waals surface area contributed by atoms with Crippen LogP contribution in [0.5, 0.6) is 17.2 Å². The molecule has 16 nitrogen and oxygen atoms in total. The first-order chi connectivity index (χ1) is 33.8. The van der Waals surface area contributed by atoms with Crippen LogP contribution in [-0.4, -0.2) is 107 Å². The van der Waals surface area contributed by atoms with Gasteiger partial charge in [0, 0.05) is 25.9 Å². The minimum atomic E-state index is -4.19. The second kappa shape index (κ2) is 61.0. The maximum Gasteiger partial charge on any atom is 1.00 e. The van der Waals surface area contributed by atoms with Crippen molar-refractivity contribution in [1.82, 2.24) is 0 Å². The van der Waals surface area contributed by atoms with Crippen molar-refractivity contribution in [1.29, 1.82) is 1.43 Å². The number of rotatable bonds is 17. The predicted molar refractivity (Wildman–Crippen MR) is 259 cm³/mol. The molecule has 0 spiro atoms. The minimum absolute atomic E-state index is 0. The molecule has 6 N–H and O–H groups in total. The number of nitrogens with two attached hydrogens (primary N) is 1. The van der Waals surface area contributed by atoms with Gasteiger partial charge in [0.15, 0.2) is 0 Å². The van der Waals surface area contributed by atoms with Gasteiger partial charge in [-0.1, -0.05) is 55.6 Å². The van der Waals surface area contributed by atoms with E-state index >= 15 is 0 Å². The standard InChI is InChI=1S/C13H15F3O3.C11H11F3O3.C9H10O3.C5H10O.C4H6F3I.CH2F.CH2O3.2CH4.2Cs.H3N2O.Na/c1-2-18-12(17)10-5-3-6-11(9-10)19-8-4-7-13(14,15)16;12-11(13,14)5-2-6-17-9-4-1-3-8(7-9)10(15)16;1-2-12-9(11)7-4-3-5-8(10)6-7;1-5-3-2-4-6-5;5-4(6,7)2-1-3-8;1-2;2-1-4-3;;;;;1-2-3;/h3,5-6,9H,2,4,7-8H2,1H3;1,3-4,7H,2,5-6H2,(H,15,16);3-6,10H,2H2,1H3;5H,2-4H2,1H3;1-3H2;1H2;1,3H;2*1H4;;;3H,1H2;/q;;;;;-1;;;;2*+1;-1;+1/i/hD. The molecular weight excluding hydrogens is 1410 g/mol. The summed E-state index contributed by atoms with van der Waals surface area (Å²) >= 11 is 1.93. The van der Waals surface area contributed by atoms with Crippen molar-refractivity contribution in [3.63, 3.8) is 0 Å². The molecule has 1 saturated heterocycles. The molecule has 0 bridgehead atoms. The van der Waals surface area contributed by atoms with Gasteiger partial charge in [-0.3, -0.25) is 4.79 Å². The number of ether oxygens (including phenoxy) is 5. The second-order valence-electron chi connectivity index (χ2n) is 13.0. The SMILES string of the molecule is C.C.CC1CCCO1.CCOC(=O)c1cccc(O)c1.CCOC(=O)c1cccc(OCCCC(F)(F)F)c1.FC(F)(F)CCCI.N[N-]O.O=C(O)c1cccc(OCCCC(F)(F)F)c1.[2H]OOC=O.[CH2-]F.[Cs+].[Cs+].[Na+]. The fraction of sp³-hybridized carbons (Fsp3) is 0.500. The number of hydrogen-bond acceptors (Lipinski definition) is 14. The molecule has 4 rings (SSSR count). The number of carbonyl (C=O) groups is 4. The van der Waals surface area contributed by atoms with Crippen molar-refractivity contribution in [2.75, 3.05) is 37.5 Å². The third kappa shape index (κ3) is 66.4. The molecule has 1 atom stereocenters. The van der Waals surface area contributed by atoms with Gasteiger partial charge < -0.3 is 59.8 Å². The Morgan fingerprint density at radius 2 is 1.16 bits per heavy atom. The zero-order valence-electron chi connectivity index (χ0n) is 42.7. The van der Waals surface area contributed by atoms with E-state index < -0.39 is 55.7 Å². The predicted octanol–water partition coefficient (Wildman–Crippen LogP) is 4.50. The Hall–Kier alpha value is -0.126. The summed E-state index contributed by atoms with van der Waals surface area (Å²) in [4.78, 5) is 45.4. The van der Waals surface area contributed by atoms with Crippen molar-refractivity contribution in [3.05, 3.63) is 102 Å². The quantitative estimate of drug-likeness (QED) is 0.0102. The average molecular weight is 1480 g/mol. The van der Waals surface area contributed by atoms with E-state index in [-0.39, 0.29) is 245 Å². The molecular formula is C46H67Cs2F10IN2NaO14+. The van der Waals surface area contributed by atoms with Gasteiger partial charge in [0.05, 0.1) is 49.2 Å². The maximum atomic E-state index is 11.9. The largest absolute Gasteiger partial charge is 1.00 e. The Balaban J connectivity index is -0.000000105. The number of hydrogen-bond donors (Lipinski definition) is 5. The number of carbonyl (C=O) groups excluding carboxylic acids is 3. The second-order valence-corrected chi connectivity index (χ2v) is 14.1. The van der Waals surface area contributed by atoms with Crippen LogP contribution in [0.4, 0.5) is 43.9 Å². The van der Waals surface area contributed by atoms with Crippen LogP contribution in [0.25, 0.3) is 7.02 Å². The van der Waals surface area contributed by atoms with Gasteiger partial charge in [0.25, 0.3) is 1.43 Å². The summed E-state index contributed by atoms with van der Waals surface area (Å²) in [7, 11) is 1.75. The van der Waals surface area contributed by atoms with Crippen molar-refractivity contribution in [3.8, 4) is 17.2 Å². The molecule has 0 amide bonds. The smallest absolute Gasteiger partial charge is 0.508 e. The van der Waals surface area contributed by atoms with E-state index in [9.17, 15) is 58.3 Å². The van der Waals surface area contributed by atoms with E-state index in [2.05, 4.69) is 22.9 Å². The molecule has 1 fully saturated rings. The molecule has 1 aliphatic heterocycles. The zero-order chi connectivity index (χ0) is 56.0. The van der Waals surface area contributed by atoms with Crippen molar-refractivity contribution in [2.45, 2.75) is 112 Å². The van der Waals surface area contributed by atoms with E-state index in [1.54, 1.807) is 51.4 Å². The summed E-state index contributed by atoms with van der Waals surface area (Å²) in [5.41, 5.74) is 2.73. The Morgan fingerprint density at radius 1 is 0.776 bits per heavy atom. The van der Waals surface area contributed by atoms with Crippen LogP contribution in [0.2, 0.25) is 0 Å². The Kier molecular flexibility index (Phi) is 74.1. The summed E-state index contributed by atoms with van der Waals surface area (Å²) in [6.45, 7) is 7.01. The van der Waals surface area contributed by atoms with Gasteiger partial charge in [-0.25, -0.2) is 19.6 Å². The number of alkyl halides is 10. The third-order valence-electron chi connectivity index (χ3n) is 7.32. The Labute approximate surface area is 592 Å². The number of aromatic carboxylic acids is 1. The molecule has 1 aliphatic rings. The Bertz CT molecular complexity index is 1850. The molecule has 0 aliphatic carbocycles. The first-order valence-corrected chi connectivity index (χ1v) is 22.1. The van der Waals surface area contributed by atoms with E-state index in [0.717, 1.165) is 6.61 Å². The minimum Gasteiger partial charge on any atom is -0.508 e. The monoisotopic (exact) mass is 1480 g/mol. The summed E-state index contributed by atoms with van der Waals surface area (Å²) in [6, 6.07) is 17.9. The van der Waals surface area contributed by atoms with Crippen LogP contribution in [0.15, 0.2) is 72.8 Å². The number of carboxylic acid groups (broad SMARTS) is 1. The van der Waals surface area contributed by atoms with Crippen LogP contribution in [-0.2, 0) is 23.9 Å². The summed E-state index contributed by atoms with van der Waals surface area (Å²) in [5, 5.41) is 27.8. The van der Waals surface area contributed by atoms with Crippen molar-refractivity contribution >= 4 is 47.0 Å². The number of carboxylic acids is 1.